The van der Waals surface area contributed by atoms with E-state index in [2.05, 4.69) is 57.0 Å². The molecule has 0 N–H and O–H groups in total. The molecule has 0 saturated heterocycles. The molecule has 0 aliphatic rings. The van der Waals surface area contributed by atoms with Gasteiger partial charge < -0.3 is 0 Å². The van der Waals surface area contributed by atoms with Crippen molar-refractivity contribution in [2.24, 2.45) is 0 Å². The maximum atomic E-state index is 6.16. The highest BCUT2D eigenvalue weighted by Gasteiger charge is 2.16. The van der Waals surface area contributed by atoms with Gasteiger partial charge in [-0.05, 0) is 53.0 Å². The van der Waals surface area contributed by atoms with Crippen LogP contribution in [0.3, 0.4) is 0 Å². The summed E-state index contributed by atoms with van der Waals surface area (Å²) >= 11 is 15.3. The summed E-state index contributed by atoms with van der Waals surface area (Å²) in [6, 6.07) is 8.34. The third kappa shape index (κ3) is 2.95. The van der Waals surface area contributed by atoms with E-state index in [9.17, 15) is 0 Å². The Bertz CT molecular complexity index is 548. The largest absolute Gasteiger partial charge is 0.143 e. The van der Waals surface area contributed by atoms with Gasteiger partial charge in [0.1, 0.15) is 0 Å². The Kier molecular flexibility index (Phi) is 4.35. The summed E-state index contributed by atoms with van der Waals surface area (Å²) < 4.78 is 1.15. The van der Waals surface area contributed by atoms with E-state index in [0.717, 1.165) is 15.1 Å². The van der Waals surface area contributed by atoms with E-state index in [1.165, 1.54) is 15.3 Å². The van der Waals surface area contributed by atoms with Crippen molar-refractivity contribution in [3.8, 4) is 0 Å². The summed E-state index contributed by atoms with van der Waals surface area (Å²) in [4.78, 5) is 2.77. The zero-order chi connectivity index (χ0) is 12.6. The predicted octanol–water partition coefficient (Wildman–Crippen LogP) is 6.27. The fourth-order valence-corrected chi connectivity index (χ4v) is 4.79. The first-order valence-corrected chi connectivity index (χ1v) is 8.05. The molecule has 0 amide bonds. The average molecular weight is 395 g/mol. The number of thiophene rings is 1. The van der Waals surface area contributed by atoms with Gasteiger partial charge in [-0.25, -0.2) is 0 Å². The maximum Gasteiger partial charge on any atom is 0.0750 e. The van der Waals surface area contributed by atoms with Crippen LogP contribution in [0.25, 0.3) is 0 Å². The second-order valence-electron chi connectivity index (χ2n) is 3.94. The quantitative estimate of drug-likeness (QED) is 0.527. The molecule has 1 heterocycles. The molecule has 2 aromatic rings. The highest BCUT2D eigenvalue weighted by molar-refractivity contribution is 9.11. The van der Waals surface area contributed by atoms with Gasteiger partial charge in [-0.1, -0.05) is 39.7 Å². The minimum atomic E-state index is 0.189. The van der Waals surface area contributed by atoms with E-state index < -0.39 is 0 Å². The molecule has 0 bridgehead atoms. The number of alkyl halides is 1. The standard InChI is InChI=1S/C13H11Br2ClS/c1-7-3-4-9(6-11(7)16)12(15)13-10(14)5-8(2)17-13/h3-6,12H,1-2H3. The van der Waals surface area contributed by atoms with Crippen LogP contribution in [0.15, 0.2) is 28.7 Å². The first-order chi connectivity index (χ1) is 7.99. The fourth-order valence-electron chi connectivity index (χ4n) is 1.59. The number of benzene rings is 1. The van der Waals surface area contributed by atoms with Crippen LogP contribution >= 0.6 is 54.8 Å². The van der Waals surface area contributed by atoms with Crippen LogP contribution in [0.5, 0.6) is 0 Å². The third-order valence-corrected chi connectivity index (χ3v) is 6.29. The van der Waals surface area contributed by atoms with Crippen LogP contribution in [0, 0.1) is 13.8 Å². The van der Waals surface area contributed by atoms with E-state index in [0.29, 0.717) is 0 Å². The Morgan fingerprint density at radius 2 is 1.94 bits per heavy atom. The van der Waals surface area contributed by atoms with Crippen molar-refractivity contribution in [2.45, 2.75) is 18.7 Å². The molecular formula is C13H11Br2ClS. The van der Waals surface area contributed by atoms with Crippen LogP contribution in [0.1, 0.15) is 25.7 Å². The summed E-state index contributed by atoms with van der Waals surface area (Å²) in [5, 5.41) is 0.816. The zero-order valence-corrected chi connectivity index (χ0v) is 14.2. The van der Waals surface area contributed by atoms with Crippen molar-refractivity contribution >= 4 is 54.8 Å². The maximum absolute atomic E-state index is 6.16. The minimum Gasteiger partial charge on any atom is -0.143 e. The summed E-state index contributed by atoms with van der Waals surface area (Å²) in [7, 11) is 0. The van der Waals surface area contributed by atoms with Gasteiger partial charge in [-0.2, -0.15) is 0 Å². The first-order valence-electron chi connectivity index (χ1n) is 5.15. The second-order valence-corrected chi connectivity index (χ2v) is 7.41. The van der Waals surface area contributed by atoms with E-state index in [1.54, 1.807) is 11.3 Å². The minimum absolute atomic E-state index is 0.189. The van der Waals surface area contributed by atoms with Crippen molar-refractivity contribution in [3.05, 3.63) is 54.6 Å². The molecule has 1 atom stereocenters. The number of hydrogen-bond acceptors (Lipinski definition) is 1. The topological polar surface area (TPSA) is 0 Å². The first kappa shape index (κ1) is 13.6. The number of rotatable bonds is 2. The molecule has 4 heteroatoms. The smallest absolute Gasteiger partial charge is 0.0750 e. The second kappa shape index (κ2) is 5.43. The van der Waals surface area contributed by atoms with Crippen LogP contribution in [0.2, 0.25) is 5.02 Å². The molecular weight excluding hydrogens is 383 g/mol. The Balaban J connectivity index is 2.40. The predicted molar refractivity (Wildman–Crippen MR) is 83.7 cm³/mol. The highest BCUT2D eigenvalue weighted by Crippen LogP contribution is 2.41. The summed E-state index contributed by atoms with van der Waals surface area (Å²) in [5.74, 6) is 0. The SMILES string of the molecule is Cc1cc(Br)c(C(Br)c2ccc(C)c(Cl)c2)s1. The van der Waals surface area contributed by atoms with Gasteiger partial charge in [0.25, 0.3) is 0 Å². The molecule has 0 aliphatic carbocycles. The van der Waals surface area contributed by atoms with Crippen molar-refractivity contribution in [1.82, 2.24) is 0 Å². The van der Waals surface area contributed by atoms with Crippen LogP contribution in [0.4, 0.5) is 0 Å². The third-order valence-electron chi connectivity index (χ3n) is 2.56. The molecule has 17 heavy (non-hydrogen) atoms. The molecule has 1 unspecified atom stereocenters. The molecule has 0 radical (unpaired) electrons. The summed E-state index contributed by atoms with van der Waals surface area (Å²) in [6.45, 7) is 4.13. The lowest BCUT2D eigenvalue weighted by Crippen LogP contribution is -1.91. The normalized spacial score (nSPS) is 12.8. The van der Waals surface area contributed by atoms with E-state index >= 15 is 0 Å². The van der Waals surface area contributed by atoms with Crippen molar-refractivity contribution < 1.29 is 0 Å². The van der Waals surface area contributed by atoms with Crippen LogP contribution in [-0.4, -0.2) is 0 Å². The van der Waals surface area contributed by atoms with Gasteiger partial charge in [0, 0.05) is 19.2 Å². The highest BCUT2D eigenvalue weighted by atomic mass is 79.9. The van der Waals surface area contributed by atoms with E-state index in [4.69, 9.17) is 11.6 Å². The monoisotopic (exact) mass is 392 g/mol. The molecule has 2 rings (SSSR count). The zero-order valence-electron chi connectivity index (χ0n) is 9.43. The lowest BCUT2D eigenvalue weighted by Gasteiger charge is -2.10. The van der Waals surface area contributed by atoms with Crippen molar-refractivity contribution in [2.75, 3.05) is 0 Å². The Hall–Kier alpha value is 0.170. The Morgan fingerprint density at radius 3 is 2.47 bits per heavy atom. The number of halogens is 3. The Labute approximate surface area is 127 Å². The summed E-state index contributed by atoms with van der Waals surface area (Å²) in [5.41, 5.74) is 2.29. The van der Waals surface area contributed by atoms with Crippen molar-refractivity contribution in [3.63, 3.8) is 0 Å². The molecule has 0 fully saturated rings. The molecule has 90 valence electrons. The molecule has 0 nitrogen and oxygen atoms in total. The molecule has 1 aromatic heterocycles. The van der Waals surface area contributed by atoms with Crippen LogP contribution < -0.4 is 0 Å². The van der Waals surface area contributed by atoms with E-state index in [1.807, 2.05) is 13.0 Å². The molecule has 0 aliphatic heterocycles. The van der Waals surface area contributed by atoms with Gasteiger partial charge in [0.2, 0.25) is 0 Å². The van der Waals surface area contributed by atoms with Gasteiger partial charge >= 0.3 is 0 Å². The molecule has 0 spiro atoms. The van der Waals surface area contributed by atoms with Crippen molar-refractivity contribution in [1.29, 1.82) is 0 Å². The molecule has 1 aromatic carbocycles. The van der Waals surface area contributed by atoms with E-state index in [-0.39, 0.29) is 4.83 Å². The lowest BCUT2D eigenvalue weighted by atomic mass is 10.1. The van der Waals surface area contributed by atoms with Gasteiger partial charge in [-0.15, -0.1) is 11.3 Å². The van der Waals surface area contributed by atoms with Gasteiger partial charge in [0.15, 0.2) is 0 Å². The summed E-state index contributed by atoms with van der Waals surface area (Å²) in [6.07, 6.45) is 0. The average Bonchev–Trinajstić information content (AvgIpc) is 2.61. The number of hydrogen-bond donors (Lipinski definition) is 0. The molecule has 0 saturated carbocycles. The Morgan fingerprint density at radius 1 is 1.24 bits per heavy atom. The van der Waals surface area contributed by atoms with Gasteiger partial charge in [-0.3, -0.25) is 0 Å². The van der Waals surface area contributed by atoms with Crippen LogP contribution in [-0.2, 0) is 0 Å². The fraction of sp³-hybridized carbons (Fsp3) is 0.231. The van der Waals surface area contributed by atoms with Gasteiger partial charge in [0.05, 0.1) is 4.83 Å². The number of aryl methyl sites for hydroxylation is 2. The lowest BCUT2D eigenvalue weighted by molar-refractivity contribution is 1.21.